The minimum Gasteiger partial charge on any atom is -0.397 e. The van der Waals surface area contributed by atoms with Crippen molar-refractivity contribution < 1.29 is 0 Å². The van der Waals surface area contributed by atoms with Gasteiger partial charge in [0.2, 0.25) is 0 Å². The van der Waals surface area contributed by atoms with Gasteiger partial charge in [0, 0.05) is 10.3 Å². The summed E-state index contributed by atoms with van der Waals surface area (Å²) in [5.74, 6) is 0.481. The molecule has 0 aliphatic heterocycles. The van der Waals surface area contributed by atoms with Crippen LogP contribution in [0.15, 0.2) is 5.38 Å². The van der Waals surface area contributed by atoms with Crippen LogP contribution >= 0.6 is 35.3 Å². The van der Waals surface area contributed by atoms with Gasteiger partial charge in [-0.05, 0) is 5.92 Å². The lowest BCUT2D eigenvalue weighted by atomic mass is 10.2. The van der Waals surface area contributed by atoms with Gasteiger partial charge in [-0.1, -0.05) is 25.4 Å². The van der Waals surface area contributed by atoms with Gasteiger partial charge in [-0.25, -0.2) is 0 Å². The molecular formula is C7H11Cl2NS. The minimum absolute atomic E-state index is 0. The van der Waals surface area contributed by atoms with Crippen LogP contribution in [-0.2, 0) is 0 Å². The second-order valence-corrected chi connectivity index (χ2v) is 3.81. The van der Waals surface area contributed by atoms with Gasteiger partial charge < -0.3 is 5.73 Å². The van der Waals surface area contributed by atoms with E-state index in [9.17, 15) is 0 Å². The molecule has 0 radical (unpaired) electrons. The van der Waals surface area contributed by atoms with E-state index >= 15 is 0 Å². The third kappa shape index (κ3) is 2.26. The van der Waals surface area contributed by atoms with E-state index in [4.69, 9.17) is 17.3 Å². The molecule has 0 saturated carbocycles. The van der Waals surface area contributed by atoms with Crippen molar-refractivity contribution >= 4 is 41.0 Å². The molecule has 0 spiro atoms. The van der Waals surface area contributed by atoms with E-state index in [-0.39, 0.29) is 12.4 Å². The SMILES string of the molecule is CC(C)c1scc(N)c1Cl.Cl. The second kappa shape index (κ2) is 4.19. The Bertz CT molecular complexity index is 232. The van der Waals surface area contributed by atoms with Crippen molar-refractivity contribution in [2.45, 2.75) is 19.8 Å². The first kappa shape index (κ1) is 11.1. The van der Waals surface area contributed by atoms with E-state index < -0.39 is 0 Å². The summed E-state index contributed by atoms with van der Waals surface area (Å²) in [6, 6.07) is 0. The number of nitrogens with two attached hydrogens (primary N) is 1. The number of halogens is 2. The zero-order valence-corrected chi connectivity index (χ0v) is 8.82. The summed E-state index contributed by atoms with van der Waals surface area (Å²) >= 11 is 7.52. The lowest BCUT2D eigenvalue weighted by Crippen LogP contribution is -1.84. The van der Waals surface area contributed by atoms with Crippen LogP contribution in [0.4, 0.5) is 5.69 Å². The third-order valence-corrected chi connectivity index (χ3v) is 3.14. The van der Waals surface area contributed by atoms with Crippen LogP contribution in [0.1, 0.15) is 24.6 Å². The maximum absolute atomic E-state index is 5.89. The number of anilines is 1. The molecule has 0 aromatic carbocycles. The fraction of sp³-hybridized carbons (Fsp3) is 0.429. The van der Waals surface area contributed by atoms with Crippen LogP contribution in [0.5, 0.6) is 0 Å². The van der Waals surface area contributed by atoms with E-state index in [1.54, 1.807) is 11.3 Å². The highest BCUT2D eigenvalue weighted by molar-refractivity contribution is 7.11. The Morgan fingerprint density at radius 1 is 1.55 bits per heavy atom. The summed E-state index contributed by atoms with van der Waals surface area (Å²) in [4.78, 5) is 1.18. The van der Waals surface area contributed by atoms with E-state index in [2.05, 4.69) is 13.8 Å². The van der Waals surface area contributed by atoms with Crippen molar-refractivity contribution in [1.82, 2.24) is 0 Å². The van der Waals surface area contributed by atoms with E-state index in [0.717, 1.165) is 5.02 Å². The highest BCUT2D eigenvalue weighted by Gasteiger charge is 2.09. The van der Waals surface area contributed by atoms with Crippen LogP contribution < -0.4 is 5.73 Å². The average molecular weight is 212 g/mol. The summed E-state index contributed by atoms with van der Waals surface area (Å²) in [6.07, 6.45) is 0. The summed E-state index contributed by atoms with van der Waals surface area (Å²) in [5.41, 5.74) is 6.26. The van der Waals surface area contributed by atoms with Crippen LogP contribution in [0.25, 0.3) is 0 Å². The van der Waals surface area contributed by atoms with E-state index in [1.807, 2.05) is 5.38 Å². The van der Waals surface area contributed by atoms with Gasteiger partial charge in [0.05, 0.1) is 10.7 Å². The van der Waals surface area contributed by atoms with Crippen LogP contribution in [-0.4, -0.2) is 0 Å². The molecule has 1 aromatic heterocycles. The molecule has 0 fully saturated rings. The zero-order chi connectivity index (χ0) is 7.72. The predicted octanol–water partition coefficient (Wildman–Crippen LogP) is 3.53. The molecule has 0 aliphatic carbocycles. The molecule has 0 amide bonds. The highest BCUT2D eigenvalue weighted by atomic mass is 35.5. The van der Waals surface area contributed by atoms with Gasteiger partial charge >= 0.3 is 0 Å². The Morgan fingerprint density at radius 2 is 2.09 bits per heavy atom. The highest BCUT2D eigenvalue weighted by Crippen LogP contribution is 2.34. The Labute approximate surface area is 82.0 Å². The smallest absolute Gasteiger partial charge is 0.0777 e. The van der Waals surface area contributed by atoms with Gasteiger partial charge in [0.1, 0.15) is 0 Å². The number of hydrogen-bond donors (Lipinski definition) is 1. The van der Waals surface area contributed by atoms with Crippen LogP contribution in [0.3, 0.4) is 0 Å². The van der Waals surface area contributed by atoms with Crippen molar-refractivity contribution in [3.8, 4) is 0 Å². The fourth-order valence-electron chi connectivity index (χ4n) is 0.762. The predicted molar refractivity (Wildman–Crippen MR) is 55.1 cm³/mol. The molecule has 0 atom stereocenters. The Kier molecular flexibility index (Phi) is 4.22. The largest absolute Gasteiger partial charge is 0.397 e. The molecule has 2 N–H and O–H groups in total. The lowest BCUT2D eigenvalue weighted by molar-refractivity contribution is 0.890. The van der Waals surface area contributed by atoms with Crippen LogP contribution in [0, 0.1) is 0 Å². The number of thiophene rings is 1. The molecule has 1 aromatic rings. The van der Waals surface area contributed by atoms with Crippen molar-refractivity contribution in [2.75, 3.05) is 5.73 Å². The lowest BCUT2D eigenvalue weighted by Gasteiger charge is -1.99. The minimum atomic E-state index is 0. The monoisotopic (exact) mass is 211 g/mol. The molecule has 4 heteroatoms. The molecule has 1 heterocycles. The Balaban J connectivity index is 0.000001000. The first-order valence-corrected chi connectivity index (χ1v) is 4.41. The number of rotatable bonds is 1. The first-order valence-electron chi connectivity index (χ1n) is 3.15. The first-order chi connectivity index (χ1) is 4.63. The van der Waals surface area contributed by atoms with Gasteiger partial charge in [-0.3, -0.25) is 0 Å². The van der Waals surface area contributed by atoms with Gasteiger partial charge in [0.15, 0.2) is 0 Å². The van der Waals surface area contributed by atoms with Crippen molar-refractivity contribution in [2.24, 2.45) is 0 Å². The quantitative estimate of drug-likeness (QED) is 0.757. The molecule has 0 bridgehead atoms. The summed E-state index contributed by atoms with van der Waals surface area (Å²) in [6.45, 7) is 4.22. The zero-order valence-electron chi connectivity index (χ0n) is 6.43. The summed E-state index contributed by atoms with van der Waals surface area (Å²) in [5, 5.41) is 2.62. The van der Waals surface area contributed by atoms with Crippen molar-refractivity contribution in [3.05, 3.63) is 15.3 Å². The molecule has 0 aliphatic rings. The van der Waals surface area contributed by atoms with E-state index in [0.29, 0.717) is 11.6 Å². The Morgan fingerprint density at radius 3 is 2.27 bits per heavy atom. The summed E-state index contributed by atoms with van der Waals surface area (Å²) < 4.78 is 0. The van der Waals surface area contributed by atoms with Gasteiger partial charge in [-0.2, -0.15) is 0 Å². The van der Waals surface area contributed by atoms with Crippen molar-refractivity contribution in [1.29, 1.82) is 0 Å². The molecule has 0 saturated heterocycles. The molecular weight excluding hydrogens is 201 g/mol. The molecule has 1 rings (SSSR count). The standard InChI is InChI=1S/C7H10ClNS.ClH/c1-4(2)7-6(8)5(9)3-10-7;/h3-4H,9H2,1-2H3;1H. The maximum atomic E-state index is 5.89. The maximum Gasteiger partial charge on any atom is 0.0777 e. The van der Waals surface area contributed by atoms with Crippen LogP contribution in [0.2, 0.25) is 5.02 Å². The second-order valence-electron chi connectivity index (χ2n) is 2.52. The van der Waals surface area contributed by atoms with Gasteiger partial charge in [-0.15, -0.1) is 23.7 Å². The van der Waals surface area contributed by atoms with Gasteiger partial charge in [0.25, 0.3) is 0 Å². The average Bonchev–Trinajstić information content (AvgIpc) is 2.14. The molecule has 0 unspecified atom stereocenters. The molecule has 11 heavy (non-hydrogen) atoms. The molecule has 1 nitrogen and oxygen atoms in total. The number of nitrogen functional groups attached to an aromatic ring is 1. The number of hydrogen-bond acceptors (Lipinski definition) is 2. The summed E-state index contributed by atoms with van der Waals surface area (Å²) in [7, 11) is 0. The Hall–Kier alpha value is 0.0800. The van der Waals surface area contributed by atoms with E-state index in [1.165, 1.54) is 4.88 Å². The topological polar surface area (TPSA) is 26.0 Å². The van der Waals surface area contributed by atoms with Crippen molar-refractivity contribution in [3.63, 3.8) is 0 Å². The normalized spacial score (nSPS) is 9.82. The fourth-order valence-corrected chi connectivity index (χ4v) is 2.10. The molecule has 64 valence electrons. The third-order valence-electron chi connectivity index (χ3n) is 1.31.